The second-order valence-corrected chi connectivity index (χ2v) is 8.26. The molecular weight excluding hydrogens is 414 g/mol. The Bertz CT molecular complexity index is 1410. The van der Waals surface area contributed by atoms with Crippen LogP contribution in [0.3, 0.4) is 0 Å². The Morgan fingerprint density at radius 1 is 0.647 bits per heavy atom. The van der Waals surface area contributed by atoms with Crippen molar-refractivity contribution in [3.63, 3.8) is 0 Å². The molecule has 34 heavy (non-hydrogen) atoms. The van der Waals surface area contributed by atoms with Gasteiger partial charge in [0.05, 0.1) is 0 Å². The van der Waals surface area contributed by atoms with E-state index in [1.807, 2.05) is 60.7 Å². The summed E-state index contributed by atoms with van der Waals surface area (Å²) in [5, 5.41) is 8.45. The standard InChI is InChI=1S/C31H25N3/c32-30(28-18-14-23-8-4-5-9-24(23)15-19-28)34-31(33)29-20-16-27(17-21-29)26-12-10-25(11-13-26)22-6-2-1-3-7-22/h1-14,16-21H,15H2,(H3,32,33,34). The van der Waals surface area contributed by atoms with Gasteiger partial charge in [0.2, 0.25) is 0 Å². The van der Waals surface area contributed by atoms with E-state index in [4.69, 9.17) is 11.1 Å². The topological polar surface area (TPSA) is 62.2 Å². The number of allylic oxidation sites excluding steroid dienone is 1. The molecule has 3 N–H and O–H groups in total. The average Bonchev–Trinajstić information content (AvgIpc) is 3.12. The van der Waals surface area contributed by atoms with E-state index in [1.165, 1.54) is 22.3 Å². The quantitative estimate of drug-likeness (QED) is 0.264. The Morgan fingerprint density at radius 2 is 1.21 bits per heavy atom. The summed E-state index contributed by atoms with van der Waals surface area (Å²) < 4.78 is 0. The summed E-state index contributed by atoms with van der Waals surface area (Å²) >= 11 is 0. The Balaban J connectivity index is 1.30. The van der Waals surface area contributed by atoms with Gasteiger partial charge in [0.25, 0.3) is 0 Å². The van der Waals surface area contributed by atoms with E-state index in [0.29, 0.717) is 5.84 Å². The smallest absolute Gasteiger partial charge is 0.153 e. The van der Waals surface area contributed by atoms with E-state index in [2.05, 4.69) is 65.7 Å². The van der Waals surface area contributed by atoms with Gasteiger partial charge in [-0.2, -0.15) is 0 Å². The molecule has 0 aliphatic heterocycles. The molecule has 5 rings (SSSR count). The molecule has 0 radical (unpaired) electrons. The van der Waals surface area contributed by atoms with Gasteiger partial charge in [-0.05, 0) is 39.8 Å². The summed E-state index contributed by atoms with van der Waals surface area (Å²) in [6.45, 7) is 0. The lowest BCUT2D eigenvalue weighted by molar-refractivity contribution is 1.25. The maximum atomic E-state index is 8.45. The Labute approximate surface area is 200 Å². The van der Waals surface area contributed by atoms with Gasteiger partial charge >= 0.3 is 0 Å². The molecule has 0 fully saturated rings. The zero-order valence-electron chi connectivity index (χ0n) is 18.8. The van der Waals surface area contributed by atoms with E-state index in [1.54, 1.807) is 0 Å². The van der Waals surface area contributed by atoms with Crippen LogP contribution in [0.15, 0.2) is 126 Å². The van der Waals surface area contributed by atoms with Crippen molar-refractivity contribution in [3.8, 4) is 22.3 Å². The number of nitrogens with zero attached hydrogens (tertiary/aromatic N) is 1. The van der Waals surface area contributed by atoms with Crippen molar-refractivity contribution in [2.24, 2.45) is 10.7 Å². The van der Waals surface area contributed by atoms with Crippen LogP contribution in [0.2, 0.25) is 0 Å². The van der Waals surface area contributed by atoms with Crippen LogP contribution in [-0.2, 0) is 6.42 Å². The number of nitrogens with two attached hydrogens (primary N) is 1. The van der Waals surface area contributed by atoms with Gasteiger partial charge in [-0.25, -0.2) is 4.99 Å². The number of benzene rings is 4. The molecule has 3 nitrogen and oxygen atoms in total. The first-order valence-electron chi connectivity index (χ1n) is 11.3. The molecule has 0 amide bonds. The summed E-state index contributed by atoms with van der Waals surface area (Å²) in [5.41, 5.74) is 14.9. The van der Waals surface area contributed by atoms with E-state index >= 15 is 0 Å². The fraction of sp³-hybridized carbons (Fsp3) is 0.0323. The number of hydrogen-bond donors (Lipinski definition) is 2. The van der Waals surface area contributed by atoms with Crippen LogP contribution in [0.5, 0.6) is 0 Å². The third kappa shape index (κ3) is 4.64. The van der Waals surface area contributed by atoms with Gasteiger partial charge in [-0.3, -0.25) is 5.41 Å². The highest BCUT2D eigenvalue weighted by molar-refractivity contribution is 6.11. The molecular formula is C31H25N3. The van der Waals surface area contributed by atoms with Gasteiger partial charge in [0, 0.05) is 11.1 Å². The zero-order valence-corrected chi connectivity index (χ0v) is 18.8. The van der Waals surface area contributed by atoms with Crippen LogP contribution in [0, 0.1) is 5.41 Å². The lowest BCUT2D eigenvalue weighted by Gasteiger charge is -2.07. The highest BCUT2D eigenvalue weighted by atomic mass is 14.9. The van der Waals surface area contributed by atoms with Crippen LogP contribution in [0.1, 0.15) is 16.7 Å². The van der Waals surface area contributed by atoms with E-state index in [0.717, 1.165) is 28.7 Å². The van der Waals surface area contributed by atoms with E-state index < -0.39 is 0 Å². The summed E-state index contributed by atoms with van der Waals surface area (Å²) in [6.07, 6.45) is 6.77. The Morgan fingerprint density at radius 3 is 1.88 bits per heavy atom. The third-order valence-electron chi connectivity index (χ3n) is 6.05. The SMILES string of the molecule is N=C(N=C(N)c1ccc(-c2ccc(-c3ccccc3)cc2)cc1)C1=CCc2ccccc2C=C1. The normalized spacial score (nSPS) is 13.1. The molecule has 0 aromatic heterocycles. The highest BCUT2D eigenvalue weighted by Gasteiger charge is 2.09. The summed E-state index contributed by atoms with van der Waals surface area (Å²) in [5.74, 6) is 0.508. The van der Waals surface area contributed by atoms with Gasteiger partial charge in [-0.15, -0.1) is 0 Å². The highest BCUT2D eigenvalue weighted by Crippen LogP contribution is 2.25. The van der Waals surface area contributed by atoms with Gasteiger partial charge in [0.1, 0.15) is 5.84 Å². The minimum atomic E-state index is 0.169. The van der Waals surface area contributed by atoms with Crippen molar-refractivity contribution < 1.29 is 0 Å². The monoisotopic (exact) mass is 439 g/mol. The molecule has 0 saturated carbocycles. The van der Waals surface area contributed by atoms with Crippen molar-refractivity contribution in [1.29, 1.82) is 5.41 Å². The first-order chi connectivity index (χ1) is 16.7. The largest absolute Gasteiger partial charge is 0.383 e. The second kappa shape index (κ2) is 9.55. The van der Waals surface area contributed by atoms with Crippen LogP contribution in [-0.4, -0.2) is 11.7 Å². The Hall–Kier alpha value is -4.50. The van der Waals surface area contributed by atoms with E-state index in [9.17, 15) is 0 Å². The van der Waals surface area contributed by atoms with Crippen molar-refractivity contribution in [2.45, 2.75) is 6.42 Å². The summed E-state index contributed by atoms with van der Waals surface area (Å²) in [7, 11) is 0. The molecule has 0 bridgehead atoms. The molecule has 1 aliphatic rings. The molecule has 0 heterocycles. The molecule has 4 aromatic rings. The number of fused-ring (bicyclic) bond motifs is 1. The van der Waals surface area contributed by atoms with Gasteiger partial charge < -0.3 is 5.73 Å². The second-order valence-electron chi connectivity index (χ2n) is 8.26. The molecule has 0 atom stereocenters. The van der Waals surface area contributed by atoms with Gasteiger partial charge in [-0.1, -0.05) is 121 Å². The van der Waals surface area contributed by atoms with Crippen LogP contribution < -0.4 is 5.73 Å². The van der Waals surface area contributed by atoms with Crippen molar-refractivity contribution in [1.82, 2.24) is 0 Å². The third-order valence-corrected chi connectivity index (χ3v) is 6.05. The minimum Gasteiger partial charge on any atom is -0.383 e. The lowest BCUT2D eigenvalue weighted by atomic mass is 9.99. The number of aliphatic imine (C=N–C) groups is 1. The van der Waals surface area contributed by atoms with Crippen LogP contribution in [0.25, 0.3) is 28.3 Å². The average molecular weight is 440 g/mol. The molecule has 3 heteroatoms. The van der Waals surface area contributed by atoms with Crippen molar-refractivity contribution in [2.75, 3.05) is 0 Å². The molecule has 164 valence electrons. The molecule has 0 saturated heterocycles. The number of rotatable bonds is 4. The molecule has 0 unspecified atom stereocenters. The lowest BCUT2D eigenvalue weighted by Crippen LogP contribution is -2.16. The maximum Gasteiger partial charge on any atom is 0.153 e. The first kappa shape index (κ1) is 21.4. The van der Waals surface area contributed by atoms with Crippen molar-refractivity contribution >= 4 is 17.7 Å². The molecule has 1 aliphatic carbocycles. The summed E-state index contributed by atoms with van der Waals surface area (Å²) in [4.78, 5) is 4.38. The number of hydrogen-bond acceptors (Lipinski definition) is 1. The number of amidine groups is 2. The fourth-order valence-electron chi connectivity index (χ4n) is 4.09. The van der Waals surface area contributed by atoms with Crippen molar-refractivity contribution in [3.05, 3.63) is 138 Å². The fourth-order valence-corrected chi connectivity index (χ4v) is 4.09. The maximum absolute atomic E-state index is 8.45. The number of nitrogens with one attached hydrogen (secondary N) is 1. The van der Waals surface area contributed by atoms with Crippen LogP contribution >= 0.6 is 0 Å². The predicted molar refractivity (Wildman–Crippen MR) is 143 cm³/mol. The molecule has 4 aromatic carbocycles. The first-order valence-corrected chi connectivity index (χ1v) is 11.3. The summed E-state index contributed by atoms with van der Waals surface area (Å²) in [6, 6.07) is 35.2. The zero-order chi connectivity index (χ0) is 23.3. The van der Waals surface area contributed by atoms with Crippen LogP contribution in [0.4, 0.5) is 0 Å². The van der Waals surface area contributed by atoms with E-state index in [-0.39, 0.29) is 5.84 Å². The minimum absolute atomic E-state index is 0.169. The predicted octanol–water partition coefficient (Wildman–Crippen LogP) is 6.90. The Kier molecular flexibility index (Phi) is 6.00. The molecule has 0 spiro atoms. The van der Waals surface area contributed by atoms with Gasteiger partial charge in [0.15, 0.2) is 5.84 Å².